The topological polar surface area (TPSA) is 67.2 Å². The minimum atomic E-state index is -0.0633. The summed E-state index contributed by atoms with van der Waals surface area (Å²) >= 11 is 0. The van der Waals surface area contributed by atoms with Crippen molar-refractivity contribution < 1.29 is 4.79 Å². The first-order valence-electron chi connectivity index (χ1n) is 5.98. The maximum atomic E-state index is 12.0. The Morgan fingerprint density at radius 1 is 1.41 bits per heavy atom. The van der Waals surface area contributed by atoms with E-state index in [-0.39, 0.29) is 5.91 Å². The molecule has 0 aromatic heterocycles. The molecular formula is C13H19N3O. The first-order chi connectivity index (χ1) is 8.14. The lowest BCUT2D eigenvalue weighted by atomic mass is 9.70. The van der Waals surface area contributed by atoms with Crippen LogP contribution in [0.5, 0.6) is 0 Å². The number of anilines is 1. The van der Waals surface area contributed by atoms with Crippen LogP contribution < -0.4 is 16.6 Å². The van der Waals surface area contributed by atoms with E-state index in [1.54, 1.807) is 12.1 Å². The van der Waals surface area contributed by atoms with Crippen molar-refractivity contribution in [1.82, 2.24) is 5.32 Å². The molecule has 4 nitrogen and oxygen atoms in total. The highest BCUT2D eigenvalue weighted by Crippen LogP contribution is 2.39. The van der Waals surface area contributed by atoms with Crippen LogP contribution in [0.3, 0.4) is 0 Å². The van der Waals surface area contributed by atoms with Crippen LogP contribution >= 0.6 is 0 Å². The molecule has 0 spiro atoms. The molecule has 1 aromatic carbocycles. The van der Waals surface area contributed by atoms with Crippen LogP contribution in [-0.2, 0) is 0 Å². The van der Waals surface area contributed by atoms with Crippen LogP contribution in [0.1, 0.15) is 36.5 Å². The van der Waals surface area contributed by atoms with E-state index in [9.17, 15) is 4.79 Å². The number of carbonyl (C=O) groups is 1. The van der Waals surface area contributed by atoms with Gasteiger partial charge in [-0.2, -0.15) is 0 Å². The molecule has 1 aliphatic rings. The molecule has 1 aliphatic carbocycles. The highest BCUT2D eigenvalue weighted by atomic mass is 16.1. The number of hydrogen-bond donors (Lipinski definition) is 3. The van der Waals surface area contributed by atoms with E-state index in [4.69, 9.17) is 5.84 Å². The van der Waals surface area contributed by atoms with Gasteiger partial charge in [-0.05, 0) is 30.4 Å². The molecule has 1 fully saturated rings. The Balaban J connectivity index is 1.99. The second-order valence-corrected chi connectivity index (χ2v) is 5.04. The second-order valence-electron chi connectivity index (χ2n) is 5.04. The minimum absolute atomic E-state index is 0.0633. The summed E-state index contributed by atoms with van der Waals surface area (Å²) in [5.41, 5.74) is 4.08. The molecule has 4 N–H and O–H groups in total. The number of nitrogen functional groups attached to an aromatic ring is 1. The van der Waals surface area contributed by atoms with Gasteiger partial charge in [-0.15, -0.1) is 0 Å². The van der Waals surface area contributed by atoms with Gasteiger partial charge in [-0.1, -0.05) is 25.5 Å². The number of nitrogens with two attached hydrogens (primary N) is 1. The zero-order valence-corrected chi connectivity index (χ0v) is 10.1. The molecule has 0 radical (unpaired) electrons. The van der Waals surface area contributed by atoms with Crippen molar-refractivity contribution in [3.8, 4) is 0 Å². The van der Waals surface area contributed by atoms with Crippen molar-refractivity contribution in [3.63, 3.8) is 0 Å². The van der Waals surface area contributed by atoms with Gasteiger partial charge in [0.1, 0.15) is 0 Å². The quantitative estimate of drug-likeness (QED) is 0.549. The largest absolute Gasteiger partial charge is 0.351 e. The van der Waals surface area contributed by atoms with E-state index >= 15 is 0 Å². The first kappa shape index (κ1) is 11.9. The Kier molecular flexibility index (Phi) is 3.33. The fraction of sp³-hybridized carbons (Fsp3) is 0.462. The van der Waals surface area contributed by atoms with Crippen molar-refractivity contribution in [2.24, 2.45) is 11.3 Å². The van der Waals surface area contributed by atoms with Gasteiger partial charge in [0.2, 0.25) is 0 Å². The zero-order chi connectivity index (χ0) is 12.3. The molecule has 0 aliphatic heterocycles. The van der Waals surface area contributed by atoms with E-state index in [0.29, 0.717) is 16.7 Å². The molecule has 17 heavy (non-hydrogen) atoms. The average Bonchev–Trinajstić information content (AvgIpc) is 2.33. The number of hydrazine groups is 1. The fourth-order valence-electron chi connectivity index (χ4n) is 2.15. The SMILES string of the molecule is CC1(CNC(=O)c2ccccc2NN)CCC1. The first-order valence-corrected chi connectivity index (χ1v) is 5.98. The molecule has 2 rings (SSSR count). The van der Waals surface area contributed by atoms with Gasteiger partial charge in [0.05, 0.1) is 11.3 Å². The number of nitrogens with one attached hydrogen (secondary N) is 2. The summed E-state index contributed by atoms with van der Waals surface area (Å²) in [7, 11) is 0. The van der Waals surface area contributed by atoms with Crippen LogP contribution in [0.25, 0.3) is 0 Å². The van der Waals surface area contributed by atoms with Gasteiger partial charge < -0.3 is 10.7 Å². The molecule has 0 bridgehead atoms. The van der Waals surface area contributed by atoms with E-state index in [1.807, 2.05) is 12.1 Å². The fourth-order valence-corrected chi connectivity index (χ4v) is 2.15. The Morgan fingerprint density at radius 3 is 2.71 bits per heavy atom. The predicted molar refractivity (Wildman–Crippen MR) is 68.5 cm³/mol. The smallest absolute Gasteiger partial charge is 0.253 e. The van der Waals surface area contributed by atoms with Crippen molar-refractivity contribution in [2.75, 3.05) is 12.0 Å². The van der Waals surface area contributed by atoms with Crippen molar-refractivity contribution in [2.45, 2.75) is 26.2 Å². The van der Waals surface area contributed by atoms with Gasteiger partial charge in [0.15, 0.2) is 0 Å². The molecule has 0 unspecified atom stereocenters. The van der Waals surface area contributed by atoms with E-state index in [2.05, 4.69) is 17.7 Å². The molecule has 1 amide bonds. The van der Waals surface area contributed by atoms with Crippen LogP contribution in [0.2, 0.25) is 0 Å². The summed E-state index contributed by atoms with van der Waals surface area (Å²) in [4.78, 5) is 12.0. The van der Waals surface area contributed by atoms with Crippen LogP contribution in [-0.4, -0.2) is 12.5 Å². The Labute approximate surface area is 102 Å². The summed E-state index contributed by atoms with van der Waals surface area (Å²) in [5, 5.41) is 2.98. The standard InChI is InChI=1S/C13H19N3O/c1-13(7-4-8-13)9-15-12(17)10-5-2-3-6-11(10)16-14/h2-3,5-6,16H,4,7-9,14H2,1H3,(H,15,17). The van der Waals surface area contributed by atoms with Gasteiger partial charge >= 0.3 is 0 Å². The second kappa shape index (κ2) is 4.75. The summed E-state index contributed by atoms with van der Waals surface area (Å²) in [6.07, 6.45) is 3.67. The molecule has 0 atom stereocenters. The lowest BCUT2D eigenvalue weighted by molar-refractivity contribution is 0.0891. The normalized spacial score (nSPS) is 17.1. The number of rotatable bonds is 4. The van der Waals surface area contributed by atoms with E-state index in [1.165, 1.54) is 19.3 Å². The Morgan fingerprint density at radius 2 is 2.12 bits per heavy atom. The van der Waals surface area contributed by atoms with Crippen LogP contribution in [0.4, 0.5) is 5.69 Å². The maximum absolute atomic E-state index is 12.0. The third kappa shape index (κ3) is 2.58. The van der Waals surface area contributed by atoms with Gasteiger partial charge in [-0.25, -0.2) is 0 Å². The number of hydrogen-bond acceptors (Lipinski definition) is 3. The lowest BCUT2D eigenvalue weighted by Crippen LogP contribution is -2.40. The lowest BCUT2D eigenvalue weighted by Gasteiger charge is -2.38. The summed E-state index contributed by atoms with van der Waals surface area (Å²) < 4.78 is 0. The Bertz CT molecular complexity index is 413. The summed E-state index contributed by atoms with van der Waals surface area (Å²) in [6.45, 7) is 2.95. The summed E-state index contributed by atoms with van der Waals surface area (Å²) in [6, 6.07) is 7.24. The maximum Gasteiger partial charge on any atom is 0.253 e. The van der Waals surface area contributed by atoms with Gasteiger partial charge in [0, 0.05) is 6.54 Å². The van der Waals surface area contributed by atoms with Crippen molar-refractivity contribution in [3.05, 3.63) is 29.8 Å². The predicted octanol–water partition coefficient (Wildman–Crippen LogP) is 1.89. The molecule has 1 aromatic rings. The minimum Gasteiger partial charge on any atom is -0.351 e. The summed E-state index contributed by atoms with van der Waals surface area (Å²) in [5.74, 6) is 5.31. The number of benzene rings is 1. The van der Waals surface area contributed by atoms with Crippen LogP contribution in [0, 0.1) is 5.41 Å². The highest BCUT2D eigenvalue weighted by molar-refractivity contribution is 5.99. The van der Waals surface area contributed by atoms with Gasteiger partial charge in [0.25, 0.3) is 5.91 Å². The van der Waals surface area contributed by atoms with Crippen LogP contribution in [0.15, 0.2) is 24.3 Å². The molecule has 0 saturated heterocycles. The average molecular weight is 233 g/mol. The highest BCUT2D eigenvalue weighted by Gasteiger charge is 2.32. The molecule has 92 valence electrons. The zero-order valence-electron chi connectivity index (χ0n) is 10.1. The van der Waals surface area contributed by atoms with E-state index < -0.39 is 0 Å². The third-order valence-corrected chi connectivity index (χ3v) is 3.56. The molecular weight excluding hydrogens is 214 g/mol. The molecule has 1 saturated carbocycles. The van der Waals surface area contributed by atoms with Crippen molar-refractivity contribution >= 4 is 11.6 Å². The third-order valence-electron chi connectivity index (χ3n) is 3.56. The molecule has 4 heteroatoms. The number of para-hydroxylation sites is 1. The van der Waals surface area contributed by atoms with E-state index in [0.717, 1.165) is 6.54 Å². The molecule has 0 heterocycles. The van der Waals surface area contributed by atoms with Crippen molar-refractivity contribution in [1.29, 1.82) is 0 Å². The number of amides is 1. The van der Waals surface area contributed by atoms with Gasteiger partial charge in [-0.3, -0.25) is 10.6 Å². The number of carbonyl (C=O) groups excluding carboxylic acids is 1. The monoisotopic (exact) mass is 233 g/mol. The Hall–Kier alpha value is -1.55.